The molecule has 0 saturated heterocycles. The Labute approximate surface area is 463 Å². The lowest BCUT2D eigenvalue weighted by Crippen LogP contribution is -2.17. The number of hydrogen-bond acceptors (Lipinski definition) is 2. The van der Waals surface area contributed by atoms with E-state index in [9.17, 15) is 0 Å². The van der Waals surface area contributed by atoms with Crippen LogP contribution in [0.2, 0.25) is 0 Å². The summed E-state index contributed by atoms with van der Waals surface area (Å²) in [5, 5.41) is 4.91. The van der Waals surface area contributed by atoms with Gasteiger partial charge in [0.1, 0.15) is 0 Å². The van der Waals surface area contributed by atoms with E-state index in [1.54, 1.807) is 0 Å². The smallest absolute Gasteiger partial charge is 0.0468 e. The van der Waals surface area contributed by atoms with Crippen molar-refractivity contribution in [3.8, 4) is 44.5 Å². The average Bonchev–Trinajstić information content (AvgIpc) is 3.88. The van der Waals surface area contributed by atoms with Gasteiger partial charge in [-0.05, 0) is 202 Å². The molecule has 384 valence electrons. The van der Waals surface area contributed by atoms with E-state index in [-0.39, 0.29) is 21.7 Å². The van der Waals surface area contributed by atoms with Crippen LogP contribution >= 0.6 is 0 Å². The topological polar surface area (TPSA) is 6.48 Å². The molecule has 0 radical (unpaired) electrons. The van der Waals surface area contributed by atoms with Gasteiger partial charge in [0.25, 0.3) is 0 Å². The largest absolute Gasteiger partial charge is 0.311 e. The number of allylic oxidation sites excluding steroid dienone is 3. The Morgan fingerprint density at radius 3 is 1.22 bits per heavy atom. The molecule has 3 aliphatic rings. The molecular formula is C76H70N2. The number of benzene rings is 10. The molecule has 0 fully saturated rings. The highest BCUT2D eigenvalue weighted by Gasteiger charge is 2.37. The summed E-state index contributed by atoms with van der Waals surface area (Å²) in [6, 6.07) is 76.7. The maximum atomic E-state index is 2.53. The fourth-order valence-electron chi connectivity index (χ4n) is 13.3. The molecule has 0 atom stereocenters. The second kappa shape index (κ2) is 18.2. The quantitative estimate of drug-likeness (QED) is 0.140. The van der Waals surface area contributed by atoms with Crippen molar-refractivity contribution in [1.82, 2.24) is 0 Å². The lowest BCUT2D eigenvalue weighted by atomic mass is 9.79. The van der Waals surface area contributed by atoms with E-state index in [0.29, 0.717) is 0 Å². The zero-order valence-electron chi connectivity index (χ0n) is 47.1. The van der Waals surface area contributed by atoms with Crippen molar-refractivity contribution in [2.45, 2.75) is 104 Å². The van der Waals surface area contributed by atoms with Crippen LogP contribution in [0, 0.1) is 0 Å². The number of hydrogen-bond donors (Lipinski definition) is 0. The van der Waals surface area contributed by atoms with Crippen LogP contribution in [-0.4, -0.2) is 0 Å². The van der Waals surface area contributed by atoms with Gasteiger partial charge in [-0.1, -0.05) is 209 Å². The fraction of sp³-hybridized carbons (Fsp3) is 0.211. The maximum absolute atomic E-state index is 2.53. The van der Waals surface area contributed by atoms with Crippen molar-refractivity contribution < 1.29 is 0 Å². The lowest BCUT2D eigenvalue weighted by molar-refractivity contribution is 0.590. The molecule has 10 aromatic carbocycles. The van der Waals surface area contributed by atoms with Gasteiger partial charge in [-0.2, -0.15) is 0 Å². The predicted octanol–water partition coefficient (Wildman–Crippen LogP) is 21.4. The average molecular weight is 1010 g/mol. The summed E-state index contributed by atoms with van der Waals surface area (Å²) in [5.74, 6) is 0. The first-order chi connectivity index (χ1) is 37.5. The van der Waals surface area contributed by atoms with E-state index in [2.05, 4.69) is 297 Å². The Kier molecular flexibility index (Phi) is 11.5. The highest BCUT2D eigenvalue weighted by atomic mass is 15.1. The molecule has 13 rings (SSSR count). The van der Waals surface area contributed by atoms with Gasteiger partial charge >= 0.3 is 0 Å². The molecule has 0 saturated carbocycles. The van der Waals surface area contributed by atoms with Crippen LogP contribution in [-0.2, 0) is 21.7 Å². The minimum Gasteiger partial charge on any atom is -0.311 e. The van der Waals surface area contributed by atoms with Gasteiger partial charge in [0.15, 0.2) is 0 Å². The van der Waals surface area contributed by atoms with Crippen LogP contribution < -0.4 is 9.80 Å². The van der Waals surface area contributed by atoms with Crippen molar-refractivity contribution in [3.63, 3.8) is 0 Å². The van der Waals surface area contributed by atoms with Gasteiger partial charge in [-0.3, -0.25) is 0 Å². The van der Waals surface area contributed by atoms with Gasteiger partial charge in [-0.25, -0.2) is 0 Å². The van der Waals surface area contributed by atoms with E-state index < -0.39 is 0 Å². The van der Waals surface area contributed by atoms with Crippen molar-refractivity contribution in [3.05, 3.63) is 257 Å². The fourth-order valence-corrected chi connectivity index (χ4v) is 13.3. The number of rotatable bonds is 8. The summed E-state index contributed by atoms with van der Waals surface area (Å²) < 4.78 is 0. The Morgan fingerprint density at radius 2 is 0.756 bits per heavy atom. The zero-order valence-corrected chi connectivity index (χ0v) is 47.1. The van der Waals surface area contributed by atoms with Gasteiger partial charge in [0.05, 0.1) is 0 Å². The standard InChI is InChI=1S/C76H70N2/c1-73(2,3)51-31-35-55(36-32-51)77(53-21-13-11-14-22-53)57-39-43-63-65(47-57)71(49-29-41-61-59-25-17-19-27-67(59)75(7,8)69(61)45-49)64-44-40-58(78(54-23-15-12-16-24-54)56-37-33-52(34-38-56)74(4,5)6)48-66(64)72(63)50-30-42-62-60-26-18-20-28-68(60)76(9,10)70(62)46-50/h11,13-15,17-48H,12,16H2,1-10H3. The molecular weight excluding hydrogens is 941 g/mol. The van der Waals surface area contributed by atoms with Crippen LogP contribution in [0.15, 0.2) is 224 Å². The lowest BCUT2D eigenvalue weighted by Gasteiger charge is -2.30. The molecule has 0 unspecified atom stereocenters. The van der Waals surface area contributed by atoms with Crippen LogP contribution in [0.1, 0.15) is 115 Å². The van der Waals surface area contributed by atoms with Gasteiger partial charge in [0, 0.05) is 45.0 Å². The third-order valence-corrected chi connectivity index (χ3v) is 17.6. The van der Waals surface area contributed by atoms with Crippen molar-refractivity contribution in [2.24, 2.45) is 0 Å². The molecule has 0 N–H and O–H groups in total. The van der Waals surface area contributed by atoms with E-state index in [1.807, 2.05) is 0 Å². The molecule has 0 spiro atoms. The highest BCUT2D eigenvalue weighted by Crippen LogP contribution is 2.55. The molecule has 0 heterocycles. The molecule has 0 amide bonds. The molecule has 0 bridgehead atoms. The SMILES string of the molecule is CC(C)(C)c1ccc(N(C2=CCCC=C2)c2ccc3c(-c4ccc5c(c4)C(C)(C)c4ccccc4-5)c4cc(N(c5ccccc5)c5ccc(C(C)(C)C)cc5)ccc4c(-c4ccc5c(c4)C(C)(C)c4ccccc4-5)c3c2)cc1. The Morgan fingerprint density at radius 1 is 0.346 bits per heavy atom. The molecule has 2 nitrogen and oxygen atoms in total. The summed E-state index contributed by atoms with van der Waals surface area (Å²) in [7, 11) is 0. The number of para-hydroxylation sites is 1. The zero-order chi connectivity index (χ0) is 53.9. The second-order valence-corrected chi connectivity index (χ2v) is 25.3. The van der Waals surface area contributed by atoms with Crippen LogP contribution in [0.3, 0.4) is 0 Å². The molecule has 0 aliphatic heterocycles. The molecule has 78 heavy (non-hydrogen) atoms. The van der Waals surface area contributed by atoms with E-state index in [4.69, 9.17) is 0 Å². The van der Waals surface area contributed by atoms with E-state index in [0.717, 1.165) is 41.3 Å². The Bertz CT molecular complexity index is 4080. The maximum Gasteiger partial charge on any atom is 0.0468 e. The number of fused-ring (bicyclic) bond motifs is 8. The van der Waals surface area contributed by atoms with Crippen LogP contribution in [0.5, 0.6) is 0 Å². The number of anilines is 5. The van der Waals surface area contributed by atoms with Crippen LogP contribution in [0.4, 0.5) is 28.4 Å². The van der Waals surface area contributed by atoms with Crippen molar-refractivity contribution in [1.29, 1.82) is 0 Å². The molecule has 3 aliphatic carbocycles. The summed E-state index contributed by atoms with van der Waals surface area (Å²) in [4.78, 5) is 4.92. The van der Waals surface area contributed by atoms with Crippen molar-refractivity contribution >= 4 is 50.0 Å². The molecule has 2 heteroatoms. The molecule has 10 aromatic rings. The first-order valence-corrected chi connectivity index (χ1v) is 28.2. The predicted molar refractivity (Wildman–Crippen MR) is 335 cm³/mol. The minimum absolute atomic E-state index is 0.0323. The van der Waals surface area contributed by atoms with Crippen LogP contribution in [0.25, 0.3) is 66.1 Å². The Balaban J connectivity index is 1.13. The monoisotopic (exact) mass is 1010 g/mol. The summed E-state index contributed by atoms with van der Waals surface area (Å²) in [6.07, 6.45) is 9.11. The van der Waals surface area contributed by atoms with E-state index >= 15 is 0 Å². The highest BCUT2D eigenvalue weighted by molar-refractivity contribution is 6.23. The van der Waals surface area contributed by atoms with Gasteiger partial charge in [0.2, 0.25) is 0 Å². The third kappa shape index (κ3) is 8.06. The third-order valence-electron chi connectivity index (χ3n) is 17.6. The van der Waals surface area contributed by atoms with E-state index in [1.165, 1.54) is 105 Å². The van der Waals surface area contributed by atoms with Gasteiger partial charge < -0.3 is 9.80 Å². The first-order valence-electron chi connectivity index (χ1n) is 28.2. The first kappa shape index (κ1) is 49.4. The normalized spacial score (nSPS) is 14.9. The minimum atomic E-state index is -0.172. The number of nitrogens with zero attached hydrogens (tertiary/aromatic N) is 2. The van der Waals surface area contributed by atoms with Gasteiger partial charge in [-0.15, -0.1) is 0 Å². The van der Waals surface area contributed by atoms with Crippen molar-refractivity contribution in [2.75, 3.05) is 9.80 Å². The summed E-state index contributed by atoms with van der Waals surface area (Å²) in [6.45, 7) is 23.4. The Hall–Kier alpha value is -8.20. The summed E-state index contributed by atoms with van der Waals surface area (Å²) >= 11 is 0. The summed E-state index contributed by atoms with van der Waals surface area (Å²) in [5.41, 5.74) is 25.0. The second-order valence-electron chi connectivity index (χ2n) is 25.3. The molecule has 0 aromatic heterocycles.